The molecule has 0 spiro atoms. The van der Waals surface area contributed by atoms with Crippen LogP contribution in [-0.2, 0) is 16.1 Å². The number of anilines is 1. The van der Waals surface area contributed by atoms with E-state index in [1.54, 1.807) is 17.0 Å². The van der Waals surface area contributed by atoms with Gasteiger partial charge in [0.25, 0.3) is 0 Å². The molecule has 0 bridgehead atoms. The molecular formula is C20H18N4O2. The first-order chi connectivity index (χ1) is 12.7. The van der Waals surface area contributed by atoms with Crippen molar-refractivity contribution in [2.24, 2.45) is 0 Å². The van der Waals surface area contributed by atoms with Crippen molar-refractivity contribution >= 4 is 17.5 Å². The highest BCUT2D eigenvalue weighted by atomic mass is 16.2. The Morgan fingerprint density at radius 1 is 1.15 bits per heavy atom. The maximum Gasteiger partial charge on any atom is 0.240 e. The Morgan fingerprint density at radius 3 is 2.77 bits per heavy atom. The minimum Gasteiger partial charge on any atom is -0.347 e. The van der Waals surface area contributed by atoms with Crippen LogP contribution in [0, 0.1) is 0 Å². The summed E-state index contributed by atoms with van der Waals surface area (Å²) in [6, 6.07) is 16.9. The number of aromatic nitrogens is 2. The van der Waals surface area contributed by atoms with Crippen LogP contribution in [0.15, 0.2) is 67.0 Å². The van der Waals surface area contributed by atoms with Crippen LogP contribution in [0.4, 0.5) is 5.69 Å². The minimum atomic E-state index is -0.323. The second kappa shape index (κ2) is 6.84. The standard InChI is InChI=1S/C20H18N4O2/c25-18-12-17(15-8-4-5-9-16(15)22-18)23-19(26)13-24-11-10-21-20(24)14-6-2-1-3-7-14/h1-11,17H,12-13H2,(H,22,25)(H,23,26)/t17-/m0/s1. The average Bonchev–Trinajstić information content (AvgIpc) is 3.10. The van der Waals surface area contributed by atoms with E-state index in [9.17, 15) is 9.59 Å². The fraction of sp³-hybridized carbons (Fsp3) is 0.150. The van der Waals surface area contributed by atoms with Gasteiger partial charge in [0.2, 0.25) is 11.8 Å². The summed E-state index contributed by atoms with van der Waals surface area (Å²) in [6.07, 6.45) is 3.70. The van der Waals surface area contributed by atoms with E-state index < -0.39 is 0 Å². The van der Waals surface area contributed by atoms with Gasteiger partial charge in [-0.15, -0.1) is 0 Å². The molecular weight excluding hydrogens is 328 g/mol. The van der Waals surface area contributed by atoms with E-state index in [1.165, 1.54) is 0 Å². The number of nitrogens with one attached hydrogen (secondary N) is 2. The SMILES string of the molecule is O=C1C[C@H](NC(=O)Cn2ccnc2-c2ccccc2)c2ccccc2N1. The summed E-state index contributed by atoms with van der Waals surface area (Å²) in [4.78, 5) is 28.8. The first-order valence-electron chi connectivity index (χ1n) is 8.45. The first kappa shape index (κ1) is 16.1. The average molecular weight is 346 g/mol. The highest BCUT2D eigenvalue weighted by molar-refractivity contribution is 5.95. The molecule has 0 saturated heterocycles. The third kappa shape index (κ3) is 3.21. The van der Waals surface area contributed by atoms with Gasteiger partial charge >= 0.3 is 0 Å². The quantitative estimate of drug-likeness (QED) is 0.763. The fourth-order valence-corrected chi connectivity index (χ4v) is 3.22. The minimum absolute atomic E-state index is 0.0957. The molecule has 1 aliphatic rings. The number of para-hydroxylation sites is 1. The normalized spacial score (nSPS) is 15.8. The highest BCUT2D eigenvalue weighted by Crippen LogP contribution is 2.30. The molecule has 0 unspecified atom stereocenters. The van der Waals surface area contributed by atoms with Crippen LogP contribution >= 0.6 is 0 Å². The molecule has 26 heavy (non-hydrogen) atoms. The van der Waals surface area contributed by atoms with Crippen molar-refractivity contribution in [2.45, 2.75) is 19.0 Å². The first-order valence-corrected chi connectivity index (χ1v) is 8.45. The summed E-state index contributed by atoms with van der Waals surface area (Å²) in [5.74, 6) is 0.485. The van der Waals surface area contributed by atoms with Gasteiger partial charge in [0, 0.05) is 23.6 Å². The summed E-state index contributed by atoms with van der Waals surface area (Å²) in [6.45, 7) is 0.143. The summed E-state index contributed by atoms with van der Waals surface area (Å²) in [5, 5.41) is 5.81. The molecule has 0 fully saturated rings. The lowest BCUT2D eigenvalue weighted by atomic mass is 9.97. The van der Waals surface area contributed by atoms with Crippen LogP contribution in [0.5, 0.6) is 0 Å². The predicted octanol–water partition coefficient (Wildman–Crippen LogP) is 2.75. The van der Waals surface area contributed by atoms with Crippen LogP contribution in [0.3, 0.4) is 0 Å². The molecule has 1 aromatic heterocycles. The largest absolute Gasteiger partial charge is 0.347 e. The van der Waals surface area contributed by atoms with E-state index in [1.807, 2.05) is 54.6 Å². The molecule has 2 aromatic carbocycles. The van der Waals surface area contributed by atoms with Crippen LogP contribution in [0.2, 0.25) is 0 Å². The molecule has 1 aliphatic heterocycles. The number of imidazole rings is 1. The third-order valence-electron chi connectivity index (χ3n) is 4.40. The Hall–Kier alpha value is -3.41. The van der Waals surface area contributed by atoms with Gasteiger partial charge in [0.1, 0.15) is 12.4 Å². The lowest BCUT2D eigenvalue weighted by Crippen LogP contribution is -2.36. The Kier molecular flexibility index (Phi) is 4.23. The zero-order chi connectivity index (χ0) is 17.9. The van der Waals surface area contributed by atoms with E-state index in [0.717, 1.165) is 22.6 Å². The summed E-state index contributed by atoms with van der Waals surface area (Å²) in [7, 11) is 0. The van der Waals surface area contributed by atoms with Gasteiger partial charge in [-0.05, 0) is 11.6 Å². The Morgan fingerprint density at radius 2 is 1.92 bits per heavy atom. The van der Waals surface area contributed by atoms with Gasteiger partial charge in [-0.1, -0.05) is 48.5 Å². The molecule has 0 aliphatic carbocycles. The molecule has 2 N–H and O–H groups in total. The number of rotatable bonds is 4. The molecule has 3 aromatic rings. The number of hydrogen-bond donors (Lipinski definition) is 2. The maximum absolute atomic E-state index is 12.6. The van der Waals surface area contributed by atoms with Crippen molar-refractivity contribution in [3.05, 3.63) is 72.6 Å². The second-order valence-electron chi connectivity index (χ2n) is 6.20. The molecule has 2 amide bonds. The van der Waals surface area contributed by atoms with Crippen molar-refractivity contribution in [2.75, 3.05) is 5.32 Å². The number of nitrogens with zero attached hydrogens (tertiary/aromatic N) is 2. The van der Waals surface area contributed by atoms with Gasteiger partial charge in [0.05, 0.1) is 12.5 Å². The van der Waals surface area contributed by atoms with Gasteiger partial charge in [-0.3, -0.25) is 9.59 Å². The maximum atomic E-state index is 12.6. The van der Waals surface area contributed by atoms with Crippen LogP contribution in [0.25, 0.3) is 11.4 Å². The Balaban J connectivity index is 1.51. The lowest BCUT2D eigenvalue weighted by Gasteiger charge is -2.26. The molecule has 130 valence electrons. The van der Waals surface area contributed by atoms with Gasteiger partial charge in [-0.25, -0.2) is 4.98 Å². The zero-order valence-electron chi connectivity index (χ0n) is 14.1. The molecule has 0 radical (unpaired) electrons. The number of carbonyl (C=O) groups excluding carboxylic acids is 2. The monoisotopic (exact) mass is 346 g/mol. The van der Waals surface area contributed by atoms with Crippen LogP contribution in [0.1, 0.15) is 18.0 Å². The fourth-order valence-electron chi connectivity index (χ4n) is 3.22. The Labute approximate surface area is 150 Å². The molecule has 6 nitrogen and oxygen atoms in total. The van der Waals surface area contributed by atoms with E-state index in [0.29, 0.717) is 0 Å². The van der Waals surface area contributed by atoms with Crippen molar-refractivity contribution in [3.8, 4) is 11.4 Å². The van der Waals surface area contributed by atoms with E-state index in [2.05, 4.69) is 15.6 Å². The number of hydrogen-bond acceptors (Lipinski definition) is 3. The van der Waals surface area contributed by atoms with Crippen molar-refractivity contribution in [1.29, 1.82) is 0 Å². The van der Waals surface area contributed by atoms with E-state index in [4.69, 9.17) is 0 Å². The van der Waals surface area contributed by atoms with Crippen molar-refractivity contribution in [1.82, 2.24) is 14.9 Å². The molecule has 0 saturated carbocycles. The molecule has 1 atom stereocenters. The molecule has 4 rings (SSSR count). The third-order valence-corrected chi connectivity index (χ3v) is 4.40. The van der Waals surface area contributed by atoms with Gasteiger partial charge in [0.15, 0.2) is 0 Å². The second-order valence-corrected chi connectivity index (χ2v) is 6.20. The molecule has 6 heteroatoms. The van der Waals surface area contributed by atoms with Gasteiger partial charge < -0.3 is 15.2 Å². The topological polar surface area (TPSA) is 76.0 Å². The number of amides is 2. The summed E-state index contributed by atoms with van der Waals surface area (Å²) >= 11 is 0. The van der Waals surface area contributed by atoms with E-state index >= 15 is 0 Å². The predicted molar refractivity (Wildman–Crippen MR) is 98.2 cm³/mol. The summed E-state index contributed by atoms with van der Waals surface area (Å²) < 4.78 is 1.81. The zero-order valence-corrected chi connectivity index (χ0v) is 14.1. The summed E-state index contributed by atoms with van der Waals surface area (Å²) in [5.41, 5.74) is 2.63. The van der Waals surface area contributed by atoms with Crippen LogP contribution in [-0.4, -0.2) is 21.4 Å². The number of fused-ring (bicyclic) bond motifs is 1. The molecule has 2 heterocycles. The van der Waals surface area contributed by atoms with Gasteiger partial charge in [-0.2, -0.15) is 0 Å². The van der Waals surface area contributed by atoms with Crippen LogP contribution < -0.4 is 10.6 Å². The number of benzene rings is 2. The Bertz CT molecular complexity index is 949. The van der Waals surface area contributed by atoms with Crippen molar-refractivity contribution in [3.63, 3.8) is 0 Å². The van der Waals surface area contributed by atoms with Crippen molar-refractivity contribution < 1.29 is 9.59 Å². The lowest BCUT2D eigenvalue weighted by molar-refractivity contribution is -0.123. The number of carbonyl (C=O) groups is 2. The highest BCUT2D eigenvalue weighted by Gasteiger charge is 2.26. The smallest absolute Gasteiger partial charge is 0.240 e. The van der Waals surface area contributed by atoms with E-state index in [-0.39, 0.29) is 30.8 Å².